The van der Waals surface area contributed by atoms with Gasteiger partial charge in [0.1, 0.15) is 10.8 Å². The van der Waals surface area contributed by atoms with E-state index in [0.29, 0.717) is 28.8 Å². The Morgan fingerprint density at radius 3 is 2.72 bits per heavy atom. The molecule has 1 aromatic carbocycles. The number of para-hydroxylation sites is 1. The van der Waals surface area contributed by atoms with E-state index in [1.165, 1.54) is 0 Å². The molecule has 0 radical (unpaired) electrons. The number of benzene rings is 1. The molecule has 2 rings (SSSR count). The van der Waals surface area contributed by atoms with Crippen LogP contribution in [0.5, 0.6) is 11.6 Å². The molecule has 1 aromatic heterocycles. The van der Waals surface area contributed by atoms with Crippen molar-refractivity contribution < 1.29 is 9.84 Å². The Morgan fingerprint density at radius 1 is 1.22 bits per heavy atom. The zero-order valence-corrected chi connectivity index (χ0v) is 10.4. The normalized spacial score (nSPS) is 10.4. The van der Waals surface area contributed by atoms with Gasteiger partial charge in [-0.15, -0.1) is 0 Å². The lowest BCUT2D eigenvalue weighted by Crippen LogP contribution is -2.00. The minimum absolute atomic E-state index is 0.107. The van der Waals surface area contributed by atoms with Crippen LogP contribution in [0.15, 0.2) is 36.5 Å². The van der Waals surface area contributed by atoms with Gasteiger partial charge in [-0.25, -0.2) is 4.98 Å². The van der Waals surface area contributed by atoms with Gasteiger partial charge >= 0.3 is 0 Å². The fraction of sp³-hybridized carbons (Fsp3) is 0.154. The van der Waals surface area contributed by atoms with Crippen molar-refractivity contribution in [2.45, 2.75) is 13.2 Å². The summed E-state index contributed by atoms with van der Waals surface area (Å²) in [7, 11) is 0. The van der Waals surface area contributed by atoms with Crippen molar-refractivity contribution in [1.82, 2.24) is 4.98 Å². The fourth-order valence-corrected chi connectivity index (χ4v) is 1.76. The Hall–Kier alpha value is -1.62. The summed E-state index contributed by atoms with van der Waals surface area (Å²) < 4.78 is 5.62. The van der Waals surface area contributed by atoms with Crippen molar-refractivity contribution in [3.05, 3.63) is 52.7 Å². The van der Waals surface area contributed by atoms with Gasteiger partial charge in [0.2, 0.25) is 5.88 Å². The molecule has 94 valence electrons. The lowest BCUT2D eigenvalue weighted by molar-refractivity contribution is 0.276. The first-order valence-electron chi connectivity index (χ1n) is 5.46. The van der Waals surface area contributed by atoms with E-state index in [9.17, 15) is 5.11 Å². The molecule has 0 atom stereocenters. The molecule has 5 heteroatoms. The standard InChI is InChI=1S/C13H13ClN2O2/c14-12-9(7-15)5-6-16-13(12)18-11-4-2-1-3-10(11)8-17/h1-6,17H,7-8,15H2. The van der Waals surface area contributed by atoms with Crippen LogP contribution in [0.1, 0.15) is 11.1 Å². The van der Waals surface area contributed by atoms with Crippen LogP contribution in [0.2, 0.25) is 5.02 Å². The summed E-state index contributed by atoms with van der Waals surface area (Å²) in [5.41, 5.74) is 7.00. The predicted molar refractivity (Wildman–Crippen MR) is 69.6 cm³/mol. The van der Waals surface area contributed by atoms with Crippen LogP contribution in [0.25, 0.3) is 0 Å². The molecule has 0 aliphatic carbocycles. The van der Waals surface area contributed by atoms with E-state index >= 15 is 0 Å². The number of halogens is 1. The van der Waals surface area contributed by atoms with E-state index in [1.54, 1.807) is 24.4 Å². The van der Waals surface area contributed by atoms with Crippen molar-refractivity contribution in [2.75, 3.05) is 0 Å². The molecule has 0 saturated heterocycles. The summed E-state index contributed by atoms with van der Waals surface area (Å²) in [5.74, 6) is 0.823. The van der Waals surface area contributed by atoms with Gasteiger partial charge in [-0.05, 0) is 17.7 Å². The summed E-state index contributed by atoms with van der Waals surface area (Å²) in [4.78, 5) is 4.07. The highest BCUT2D eigenvalue weighted by molar-refractivity contribution is 6.32. The minimum Gasteiger partial charge on any atom is -0.437 e. The summed E-state index contributed by atoms with van der Waals surface area (Å²) in [6.07, 6.45) is 1.59. The first-order chi connectivity index (χ1) is 8.76. The van der Waals surface area contributed by atoms with Crippen molar-refractivity contribution in [3.63, 3.8) is 0 Å². The van der Waals surface area contributed by atoms with E-state index in [-0.39, 0.29) is 6.61 Å². The fourth-order valence-electron chi connectivity index (χ4n) is 1.53. The van der Waals surface area contributed by atoms with Crippen LogP contribution in [-0.2, 0) is 13.2 Å². The number of ether oxygens (including phenoxy) is 1. The number of aliphatic hydroxyl groups is 1. The van der Waals surface area contributed by atoms with Gasteiger partial charge in [-0.1, -0.05) is 29.8 Å². The quantitative estimate of drug-likeness (QED) is 0.890. The summed E-state index contributed by atoms with van der Waals surface area (Å²) >= 11 is 6.12. The zero-order chi connectivity index (χ0) is 13.0. The summed E-state index contributed by atoms with van der Waals surface area (Å²) in [6.45, 7) is 0.212. The number of aromatic nitrogens is 1. The van der Waals surface area contributed by atoms with Gasteiger partial charge in [-0.2, -0.15) is 0 Å². The Bertz CT molecular complexity index is 546. The second kappa shape index (κ2) is 5.82. The second-order valence-electron chi connectivity index (χ2n) is 3.66. The van der Waals surface area contributed by atoms with Gasteiger partial charge in [0, 0.05) is 18.3 Å². The molecule has 0 aliphatic rings. The third-order valence-corrected chi connectivity index (χ3v) is 2.91. The molecule has 18 heavy (non-hydrogen) atoms. The van der Waals surface area contributed by atoms with Crippen LogP contribution < -0.4 is 10.5 Å². The monoisotopic (exact) mass is 264 g/mol. The lowest BCUT2D eigenvalue weighted by atomic mass is 10.2. The molecule has 2 aromatic rings. The van der Waals surface area contributed by atoms with Crippen LogP contribution in [0, 0.1) is 0 Å². The van der Waals surface area contributed by atoms with Crippen molar-refractivity contribution >= 4 is 11.6 Å². The van der Waals surface area contributed by atoms with Gasteiger partial charge in [0.15, 0.2) is 0 Å². The molecule has 0 spiro atoms. The second-order valence-corrected chi connectivity index (χ2v) is 4.04. The van der Waals surface area contributed by atoms with Crippen molar-refractivity contribution in [2.24, 2.45) is 5.73 Å². The van der Waals surface area contributed by atoms with Crippen molar-refractivity contribution in [1.29, 1.82) is 0 Å². The molecule has 0 bridgehead atoms. The average Bonchev–Trinajstić information content (AvgIpc) is 2.42. The predicted octanol–water partition coefficient (Wildman–Crippen LogP) is 2.48. The molecule has 0 saturated carbocycles. The molecule has 4 nitrogen and oxygen atoms in total. The molecule has 3 N–H and O–H groups in total. The largest absolute Gasteiger partial charge is 0.437 e. The third kappa shape index (κ3) is 2.61. The topological polar surface area (TPSA) is 68.4 Å². The highest BCUT2D eigenvalue weighted by Crippen LogP contribution is 2.31. The van der Waals surface area contributed by atoms with E-state index < -0.39 is 0 Å². The maximum atomic E-state index is 9.21. The van der Waals surface area contributed by atoms with E-state index in [0.717, 1.165) is 5.56 Å². The van der Waals surface area contributed by atoms with Gasteiger partial charge in [-0.3, -0.25) is 0 Å². The number of nitrogens with two attached hydrogens (primary N) is 1. The SMILES string of the molecule is NCc1ccnc(Oc2ccccc2CO)c1Cl. The number of rotatable bonds is 4. The molecule has 0 aliphatic heterocycles. The summed E-state index contributed by atoms with van der Waals surface area (Å²) in [6, 6.07) is 8.90. The Balaban J connectivity index is 2.34. The smallest absolute Gasteiger partial charge is 0.238 e. The van der Waals surface area contributed by atoms with E-state index in [4.69, 9.17) is 22.1 Å². The molecule has 1 heterocycles. The number of hydrogen-bond acceptors (Lipinski definition) is 4. The highest BCUT2D eigenvalue weighted by Gasteiger charge is 2.10. The minimum atomic E-state index is -0.107. The lowest BCUT2D eigenvalue weighted by Gasteiger charge is -2.11. The van der Waals surface area contributed by atoms with Crippen LogP contribution in [0.3, 0.4) is 0 Å². The molecule has 0 amide bonds. The van der Waals surface area contributed by atoms with Crippen LogP contribution in [-0.4, -0.2) is 10.1 Å². The van der Waals surface area contributed by atoms with E-state index in [2.05, 4.69) is 4.98 Å². The number of hydrogen-bond donors (Lipinski definition) is 2. The molecular weight excluding hydrogens is 252 g/mol. The third-order valence-electron chi connectivity index (χ3n) is 2.51. The summed E-state index contributed by atoms with van der Waals surface area (Å²) in [5, 5.41) is 9.61. The molecule has 0 unspecified atom stereocenters. The molecular formula is C13H13ClN2O2. The average molecular weight is 265 g/mol. The molecule has 0 fully saturated rings. The Labute approximate surface area is 110 Å². The number of aliphatic hydroxyl groups excluding tert-OH is 1. The van der Waals surface area contributed by atoms with Gasteiger partial charge in [0.25, 0.3) is 0 Å². The van der Waals surface area contributed by atoms with Gasteiger partial charge < -0.3 is 15.6 Å². The maximum absolute atomic E-state index is 9.21. The first-order valence-corrected chi connectivity index (χ1v) is 5.84. The number of pyridine rings is 1. The highest BCUT2D eigenvalue weighted by atomic mass is 35.5. The van der Waals surface area contributed by atoms with E-state index in [1.807, 2.05) is 12.1 Å². The Morgan fingerprint density at radius 2 is 2.00 bits per heavy atom. The zero-order valence-electron chi connectivity index (χ0n) is 9.64. The Kier molecular flexibility index (Phi) is 4.15. The van der Waals surface area contributed by atoms with Crippen LogP contribution >= 0.6 is 11.6 Å². The van der Waals surface area contributed by atoms with Crippen LogP contribution in [0.4, 0.5) is 0 Å². The number of nitrogens with zero attached hydrogens (tertiary/aromatic N) is 1. The van der Waals surface area contributed by atoms with Crippen molar-refractivity contribution in [3.8, 4) is 11.6 Å². The van der Waals surface area contributed by atoms with Gasteiger partial charge in [0.05, 0.1) is 6.61 Å². The first kappa shape index (κ1) is 12.8. The maximum Gasteiger partial charge on any atom is 0.238 e.